The van der Waals surface area contributed by atoms with E-state index in [1.807, 2.05) is 36.1 Å². The molecule has 0 spiro atoms. The van der Waals surface area contributed by atoms with Crippen molar-refractivity contribution in [3.05, 3.63) is 50.8 Å². The van der Waals surface area contributed by atoms with Crippen LogP contribution in [0, 0.1) is 6.92 Å². The summed E-state index contributed by atoms with van der Waals surface area (Å²) in [5, 5.41) is 2.91. The van der Waals surface area contributed by atoms with Gasteiger partial charge in [-0.05, 0) is 49.9 Å². The van der Waals surface area contributed by atoms with E-state index in [0.29, 0.717) is 5.57 Å². The zero-order chi connectivity index (χ0) is 21.4. The maximum absolute atomic E-state index is 13.2. The van der Waals surface area contributed by atoms with E-state index in [1.54, 1.807) is 0 Å². The van der Waals surface area contributed by atoms with Gasteiger partial charge in [-0.2, -0.15) is 0 Å². The Labute approximate surface area is 185 Å². The number of rotatable bonds is 6. The average Bonchev–Trinajstić information content (AvgIpc) is 3.21. The summed E-state index contributed by atoms with van der Waals surface area (Å²) in [6.45, 7) is 10.6. The lowest BCUT2D eigenvalue weighted by Gasteiger charge is -2.29. The largest absolute Gasteiger partial charge is 0.358 e. The maximum Gasteiger partial charge on any atom is 0.256 e. The lowest BCUT2D eigenvalue weighted by molar-refractivity contribution is -0.110. The van der Waals surface area contributed by atoms with Gasteiger partial charge in [-0.3, -0.25) is 9.59 Å². The number of anilines is 1. The zero-order valence-corrected chi connectivity index (χ0v) is 19.2. The van der Waals surface area contributed by atoms with Crippen LogP contribution in [0.1, 0.15) is 46.7 Å². The molecule has 4 rings (SSSR count). The number of amides is 2. The number of aromatic amines is 1. The third kappa shape index (κ3) is 3.72. The summed E-state index contributed by atoms with van der Waals surface area (Å²) in [4.78, 5) is 33.4. The van der Waals surface area contributed by atoms with Crippen molar-refractivity contribution < 1.29 is 9.59 Å². The minimum atomic E-state index is -0.123. The van der Waals surface area contributed by atoms with Crippen molar-refractivity contribution in [3.8, 4) is 0 Å². The molecule has 2 amide bonds. The second-order valence-electron chi connectivity index (χ2n) is 7.79. The molecular weight excluding hydrogens is 444 g/mol. The van der Waals surface area contributed by atoms with Crippen molar-refractivity contribution in [1.29, 1.82) is 0 Å². The fourth-order valence-corrected chi connectivity index (χ4v) is 4.63. The number of fused-ring (bicyclic) bond motifs is 2. The predicted molar refractivity (Wildman–Crippen MR) is 124 cm³/mol. The van der Waals surface area contributed by atoms with Crippen LogP contribution in [-0.4, -0.2) is 59.3 Å². The molecule has 0 fully saturated rings. The standard InChI is InChI=1S/C23H27BrN4O2/c1-4-27(5-2)10-11-28-9-8-19-21(23(28)30)14(3)20(25-19)13-17-16-12-15(24)6-7-18(16)26-22(17)29/h6-7,12-13,25H,4-5,8-11H2,1-3H3,(H,26,29). The second kappa shape index (κ2) is 8.40. The molecule has 2 aromatic rings. The molecule has 0 radical (unpaired) electrons. The fraction of sp³-hybridized carbons (Fsp3) is 0.391. The summed E-state index contributed by atoms with van der Waals surface area (Å²) < 4.78 is 0.921. The Hall–Kier alpha value is -2.38. The Balaban J connectivity index is 1.62. The number of carbonyl (C=O) groups excluding carboxylic acids is 2. The van der Waals surface area contributed by atoms with Crippen LogP contribution >= 0.6 is 15.9 Å². The number of carbonyl (C=O) groups is 2. The van der Waals surface area contributed by atoms with Gasteiger partial charge in [0.2, 0.25) is 0 Å². The van der Waals surface area contributed by atoms with Gasteiger partial charge in [-0.25, -0.2) is 0 Å². The van der Waals surface area contributed by atoms with Crippen LogP contribution in [0.2, 0.25) is 0 Å². The van der Waals surface area contributed by atoms with E-state index in [4.69, 9.17) is 0 Å². The number of nitrogens with one attached hydrogen (secondary N) is 2. The highest BCUT2D eigenvalue weighted by Crippen LogP contribution is 2.36. The molecule has 0 saturated carbocycles. The smallest absolute Gasteiger partial charge is 0.256 e. The SMILES string of the molecule is CCN(CC)CCN1CCc2[nH]c(C=C3C(=O)Nc4ccc(Br)cc43)c(C)c2C1=O. The highest BCUT2D eigenvalue weighted by molar-refractivity contribution is 9.10. The van der Waals surface area contributed by atoms with Crippen LogP contribution in [0.5, 0.6) is 0 Å². The number of nitrogens with zero attached hydrogens (tertiary/aromatic N) is 2. The van der Waals surface area contributed by atoms with E-state index in [9.17, 15) is 9.59 Å². The lowest BCUT2D eigenvalue weighted by Crippen LogP contribution is -2.42. The van der Waals surface area contributed by atoms with Crippen LogP contribution in [0.3, 0.4) is 0 Å². The molecular formula is C23H27BrN4O2. The Morgan fingerprint density at radius 3 is 2.73 bits per heavy atom. The Morgan fingerprint density at radius 1 is 1.23 bits per heavy atom. The van der Waals surface area contributed by atoms with Gasteiger partial charge in [0, 0.05) is 53.2 Å². The van der Waals surface area contributed by atoms with E-state index < -0.39 is 0 Å². The molecule has 158 valence electrons. The van der Waals surface area contributed by atoms with E-state index in [2.05, 4.69) is 45.0 Å². The first-order valence-corrected chi connectivity index (χ1v) is 11.3. The first kappa shape index (κ1) is 20.9. The first-order valence-electron chi connectivity index (χ1n) is 10.5. The van der Waals surface area contributed by atoms with Gasteiger partial charge in [-0.1, -0.05) is 29.8 Å². The van der Waals surface area contributed by atoms with Crippen molar-refractivity contribution in [2.45, 2.75) is 27.2 Å². The topological polar surface area (TPSA) is 68.4 Å². The summed E-state index contributed by atoms with van der Waals surface area (Å²) in [6.07, 6.45) is 2.67. The fourth-order valence-electron chi connectivity index (χ4n) is 4.27. The van der Waals surface area contributed by atoms with Gasteiger partial charge in [0.1, 0.15) is 0 Å². The maximum atomic E-state index is 13.2. The number of benzene rings is 1. The van der Waals surface area contributed by atoms with E-state index in [-0.39, 0.29) is 11.8 Å². The molecule has 0 atom stereocenters. The number of hydrogen-bond acceptors (Lipinski definition) is 3. The molecule has 0 saturated heterocycles. The van der Waals surface area contributed by atoms with Gasteiger partial charge >= 0.3 is 0 Å². The Morgan fingerprint density at radius 2 is 2.00 bits per heavy atom. The summed E-state index contributed by atoms with van der Waals surface area (Å²) in [5.41, 5.74) is 5.76. The van der Waals surface area contributed by atoms with Crippen molar-refractivity contribution in [2.24, 2.45) is 0 Å². The molecule has 0 bridgehead atoms. The molecule has 2 aliphatic rings. The second-order valence-corrected chi connectivity index (χ2v) is 8.70. The van der Waals surface area contributed by atoms with Gasteiger partial charge in [0.05, 0.1) is 11.1 Å². The third-order valence-electron chi connectivity index (χ3n) is 6.13. The number of likely N-dealkylation sites (N-methyl/N-ethyl adjacent to an activating group) is 1. The van der Waals surface area contributed by atoms with E-state index in [1.165, 1.54) is 0 Å². The molecule has 0 unspecified atom stereocenters. The number of H-pyrrole nitrogens is 1. The molecule has 6 nitrogen and oxygen atoms in total. The highest BCUT2D eigenvalue weighted by Gasteiger charge is 2.30. The van der Waals surface area contributed by atoms with Crippen molar-refractivity contribution >= 4 is 45.1 Å². The Bertz CT molecular complexity index is 1040. The van der Waals surface area contributed by atoms with Crippen LogP contribution in [-0.2, 0) is 11.2 Å². The van der Waals surface area contributed by atoms with E-state index in [0.717, 1.165) is 77.4 Å². The summed E-state index contributed by atoms with van der Waals surface area (Å²) in [5.74, 6) is -0.0388. The number of halogens is 1. The molecule has 2 aliphatic heterocycles. The average molecular weight is 471 g/mol. The van der Waals surface area contributed by atoms with Crippen molar-refractivity contribution in [2.75, 3.05) is 38.0 Å². The van der Waals surface area contributed by atoms with Crippen LogP contribution in [0.15, 0.2) is 22.7 Å². The van der Waals surface area contributed by atoms with Crippen LogP contribution in [0.4, 0.5) is 5.69 Å². The Kier molecular flexibility index (Phi) is 5.84. The van der Waals surface area contributed by atoms with Crippen LogP contribution in [0.25, 0.3) is 11.6 Å². The normalized spacial score (nSPS) is 17.0. The van der Waals surface area contributed by atoms with E-state index >= 15 is 0 Å². The lowest BCUT2D eigenvalue weighted by atomic mass is 10.0. The summed E-state index contributed by atoms with van der Waals surface area (Å²) >= 11 is 3.48. The molecule has 0 aliphatic carbocycles. The van der Waals surface area contributed by atoms with Gasteiger partial charge in [0.25, 0.3) is 11.8 Å². The van der Waals surface area contributed by atoms with Crippen molar-refractivity contribution in [3.63, 3.8) is 0 Å². The molecule has 3 heterocycles. The number of hydrogen-bond donors (Lipinski definition) is 2. The minimum Gasteiger partial charge on any atom is -0.358 e. The quantitative estimate of drug-likeness (QED) is 0.628. The molecule has 7 heteroatoms. The third-order valence-corrected chi connectivity index (χ3v) is 6.63. The zero-order valence-electron chi connectivity index (χ0n) is 17.6. The monoisotopic (exact) mass is 470 g/mol. The minimum absolute atomic E-state index is 0.0841. The predicted octanol–water partition coefficient (Wildman–Crippen LogP) is 3.92. The summed E-state index contributed by atoms with van der Waals surface area (Å²) in [7, 11) is 0. The highest BCUT2D eigenvalue weighted by atomic mass is 79.9. The van der Waals surface area contributed by atoms with Gasteiger partial charge in [0.15, 0.2) is 0 Å². The van der Waals surface area contributed by atoms with Crippen LogP contribution < -0.4 is 5.32 Å². The number of aromatic nitrogens is 1. The molecule has 2 N–H and O–H groups in total. The summed E-state index contributed by atoms with van der Waals surface area (Å²) in [6, 6.07) is 5.74. The van der Waals surface area contributed by atoms with Gasteiger partial charge < -0.3 is 20.1 Å². The molecule has 1 aromatic heterocycles. The van der Waals surface area contributed by atoms with Gasteiger partial charge in [-0.15, -0.1) is 0 Å². The molecule has 1 aromatic carbocycles. The first-order chi connectivity index (χ1) is 14.4. The van der Waals surface area contributed by atoms with Crippen molar-refractivity contribution in [1.82, 2.24) is 14.8 Å². The molecule has 30 heavy (non-hydrogen) atoms.